The Balaban J connectivity index is 1.78. The fourth-order valence-electron chi connectivity index (χ4n) is 5.26. The lowest BCUT2D eigenvalue weighted by Crippen LogP contribution is -2.15. The molecule has 2 N–H and O–H groups in total. The van der Waals surface area contributed by atoms with E-state index < -0.39 is 0 Å². The summed E-state index contributed by atoms with van der Waals surface area (Å²) in [4.78, 5) is 17.6. The molecule has 5 rings (SSSR count). The molecule has 1 aliphatic carbocycles. The largest absolute Gasteiger partial charge is 0.366 e. The maximum Gasteiger partial charge on any atom is 0.251 e. The first kappa shape index (κ1) is 19.6. The van der Waals surface area contributed by atoms with Gasteiger partial charge in [-0.15, -0.1) is 0 Å². The lowest BCUT2D eigenvalue weighted by Gasteiger charge is -2.21. The summed E-state index contributed by atoms with van der Waals surface area (Å²) in [5, 5.41) is 1.09. The van der Waals surface area contributed by atoms with Gasteiger partial charge in [0.25, 0.3) is 5.91 Å². The van der Waals surface area contributed by atoms with Crippen molar-refractivity contribution in [2.24, 2.45) is 5.73 Å². The van der Waals surface area contributed by atoms with Crippen LogP contribution in [0.5, 0.6) is 0 Å². The van der Waals surface area contributed by atoms with Gasteiger partial charge in [0.15, 0.2) is 0 Å². The number of pyridine rings is 1. The molecule has 1 aliphatic rings. The topological polar surface area (TPSA) is 60.9 Å². The van der Waals surface area contributed by atoms with Crippen LogP contribution >= 0.6 is 0 Å². The molecule has 0 fully saturated rings. The van der Waals surface area contributed by atoms with Gasteiger partial charge in [-0.25, -0.2) is 4.98 Å². The van der Waals surface area contributed by atoms with Gasteiger partial charge >= 0.3 is 0 Å². The Bertz CT molecular complexity index is 1300. The van der Waals surface area contributed by atoms with E-state index in [0.29, 0.717) is 5.56 Å². The van der Waals surface area contributed by atoms with E-state index in [9.17, 15) is 4.79 Å². The smallest absolute Gasteiger partial charge is 0.251 e. The van der Waals surface area contributed by atoms with Gasteiger partial charge in [-0.3, -0.25) is 4.79 Å². The van der Waals surface area contributed by atoms with Gasteiger partial charge in [0.05, 0.1) is 22.8 Å². The van der Waals surface area contributed by atoms with Crippen molar-refractivity contribution in [1.29, 1.82) is 0 Å². The number of hydrogen-bond acceptors (Lipinski definition) is 2. The third kappa shape index (κ3) is 3.14. The first-order valence-electron chi connectivity index (χ1n) is 11.1. The zero-order valence-corrected chi connectivity index (χ0v) is 18.1. The SMILES string of the molecule is CCCc1c(-c2ccc3ccccc3n2)c(C(N)=O)c(C)n1C1CCc2ccccc21. The number of nitrogens with two attached hydrogens (primary N) is 1. The number of aromatic nitrogens is 2. The van der Waals surface area contributed by atoms with Crippen molar-refractivity contribution in [3.8, 4) is 11.3 Å². The fourth-order valence-corrected chi connectivity index (χ4v) is 5.26. The van der Waals surface area contributed by atoms with Crippen molar-refractivity contribution in [2.75, 3.05) is 0 Å². The third-order valence-corrected chi connectivity index (χ3v) is 6.55. The lowest BCUT2D eigenvalue weighted by atomic mass is 10.0. The first-order valence-corrected chi connectivity index (χ1v) is 11.1. The van der Waals surface area contributed by atoms with E-state index in [-0.39, 0.29) is 11.9 Å². The molecule has 4 nitrogen and oxygen atoms in total. The molecular formula is C27H27N3O. The van der Waals surface area contributed by atoms with Crippen molar-refractivity contribution in [2.45, 2.75) is 45.6 Å². The second-order valence-corrected chi connectivity index (χ2v) is 8.41. The Kier molecular flexibility index (Phi) is 4.85. The zero-order chi connectivity index (χ0) is 21.5. The first-order chi connectivity index (χ1) is 15.1. The Morgan fingerprint density at radius 1 is 1.10 bits per heavy atom. The zero-order valence-electron chi connectivity index (χ0n) is 18.1. The number of carbonyl (C=O) groups excluding carboxylic acids is 1. The molecule has 2 heterocycles. The van der Waals surface area contributed by atoms with Crippen LogP contribution in [-0.2, 0) is 12.8 Å². The van der Waals surface area contributed by atoms with E-state index in [2.05, 4.69) is 47.9 Å². The highest BCUT2D eigenvalue weighted by Crippen LogP contribution is 2.41. The molecule has 2 aromatic carbocycles. The van der Waals surface area contributed by atoms with Crippen LogP contribution in [0.15, 0.2) is 60.7 Å². The van der Waals surface area contributed by atoms with Gasteiger partial charge < -0.3 is 10.3 Å². The molecule has 1 unspecified atom stereocenters. The molecule has 1 amide bonds. The van der Waals surface area contributed by atoms with Crippen LogP contribution < -0.4 is 5.73 Å². The molecule has 4 heteroatoms. The molecule has 1 atom stereocenters. The normalized spacial score (nSPS) is 15.4. The minimum atomic E-state index is -0.384. The second kappa shape index (κ2) is 7.69. The van der Waals surface area contributed by atoms with E-state index in [1.54, 1.807) is 0 Å². The van der Waals surface area contributed by atoms with Crippen LogP contribution in [-0.4, -0.2) is 15.5 Å². The Morgan fingerprint density at radius 3 is 2.68 bits per heavy atom. The predicted molar refractivity (Wildman–Crippen MR) is 125 cm³/mol. The van der Waals surface area contributed by atoms with E-state index in [4.69, 9.17) is 10.7 Å². The van der Waals surface area contributed by atoms with E-state index in [1.165, 1.54) is 16.8 Å². The number of para-hydroxylation sites is 1. The number of benzene rings is 2. The van der Waals surface area contributed by atoms with Crippen LogP contribution in [0.4, 0.5) is 0 Å². The average Bonchev–Trinajstić information content (AvgIpc) is 3.32. The monoisotopic (exact) mass is 409 g/mol. The van der Waals surface area contributed by atoms with Gasteiger partial charge in [0.1, 0.15) is 0 Å². The number of primary amides is 1. The van der Waals surface area contributed by atoms with Crippen molar-refractivity contribution < 1.29 is 4.79 Å². The maximum absolute atomic E-state index is 12.7. The maximum atomic E-state index is 12.7. The Hall–Kier alpha value is -3.40. The van der Waals surface area contributed by atoms with Crippen molar-refractivity contribution >= 4 is 16.8 Å². The molecule has 156 valence electrons. The number of aryl methyl sites for hydroxylation is 1. The van der Waals surface area contributed by atoms with Gasteiger partial charge in [-0.2, -0.15) is 0 Å². The summed E-state index contributed by atoms with van der Waals surface area (Å²) < 4.78 is 2.38. The van der Waals surface area contributed by atoms with Gasteiger partial charge in [-0.05, 0) is 49.4 Å². The molecule has 0 radical (unpaired) electrons. The third-order valence-electron chi connectivity index (χ3n) is 6.55. The minimum absolute atomic E-state index is 0.227. The Morgan fingerprint density at radius 2 is 1.87 bits per heavy atom. The molecule has 0 spiro atoms. The molecule has 0 aliphatic heterocycles. The number of nitrogens with zero attached hydrogens (tertiary/aromatic N) is 2. The highest BCUT2D eigenvalue weighted by atomic mass is 16.1. The van der Waals surface area contributed by atoms with E-state index in [0.717, 1.165) is 53.5 Å². The number of amides is 1. The summed E-state index contributed by atoms with van der Waals surface area (Å²) in [6, 6.07) is 21.1. The number of hydrogen-bond donors (Lipinski definition) is 1. The van der Waals surface area contributed by atoms with Gasteiger partial charge in [0, 0.05) is 22.3 Å². The summed E-state index contributed by atoms with van der Waals surface area (Å²) in [5.74, 6) is -0.384. The second-order valence-electron chi connectivity index (χ2n) is 8.41. The number of rotatable bonds is 5. The van der Waals surface area contributed by atoms with Gasteiger partial charge in [0.2, 0.25) is 0 Å². The van der Waals surface area contributed by atoms with Crippen LogP contribution in [0.25, 0.3) is 22.2 Å². The number of fused-ring (bicyclic) bond motifs is 2. The summed E-state index contributed by atoms with van der Waals surface area (Å²) in [6.07, 6.45) is 3.95. The van der Waals surface area contributed by atoms with E-state index in [1.807, 2.05) is 31.2 Å². The van der Waals surface area contributed by atoms with Crippen molar-refractivity contribution in [3.63, 3.8) is 0 Å². The molecule has 4 aromatic rings. The standard InChI is InChI=1S/C27H27N3O/c1-3-8-24-26(22-15-13-19-10-5-7-12-21(19)29-22)25(27(28)31)17(2)30(24)23-16-14-18-9-4-6-11-20(18)23/h4-7,9-13,15,23H,3,8,14,16H2,1-2H3,(H2,28,31). The predicted octanol–water partition coefficient (Wildman–Crippen LogP) is 5.60. The van der Waals surface area contributed by atoms with Crippen LogP contribution in [0.1, 0.15) is 58.7 Å². The minimum Gasteiger partial charge on any atom is -0.366 e. The van der Waals surface area contributed by atoms with Crippen LogP contribution in [0, 0.1) is 6.92 Å². The summed E-state index contributed by atoms with van der Waals surface area (Å²) >= 11 is 0. The summed E-state index contributed by atoms with van der Waals surface area (Å²) in [6.45, 7) is 4.21. The molecule has 0 saturated heterocycles. The molecule has 0 bridgehead atoms. The summed E-state index contributed by atoms with van der Waals surface area (Å²) in [5.41, 5.74) is 14.1. The lowest BCUT2D eigenvalue weighted by molar-refractivity contribution is 0.1000. The van der Waals surface area contributed by atoms with E-state index >= 15 is 0 Å². The quantitative estimate of drug-likeness (QED) is 0.466. The molecular weight excluding hydrogens is 382 g/mol. The summed E-state index contributed by atoms with van der Waals surface area (Å²) in [7, 11) is 0. The average molecular weight is 410 g/mol. The Labute approximate surface area is 182 Å². The van der Waals surface area contributed by atoms with Crippen molar-refractivity contribution in [3.05, 3.63) is 88.7 Å². The number of carbonyl (C=O) groups is 1. The highest BCUT2D eigenvalue weighted by molar-refractivity contribution is 6.02. The molecule has 0 saturated carbocycles. The molecule has 2 aromatic heterocycles. The van der Waals surface area contributed by atoms with Crippen molar-refractivity contribution in [1.82, 2.24) is 9.55 Å². The van der Waals surface area contributed by atoms with Crippen LogP contribution in [0.2, 0.25) is 0 Å². The highest BCUT2D eigenvalue weighted by Gasteiger charge is 2.32. The van der Waals surface area contributed by atoms with Crippen LogP contribution in [0.3, 0.4) is 0 Å². The van der Waals surface area contributed by atoms with Gasteiger partial charge in [-0.1, -0.05) is 61.9 Å². The fraction of sp³-hybridized carbons (Fsp3) is 0.259. The molecule has 31 heavy (non-hydrogen) atoms.